The summed E-state index contributed by atoms with van der Waals surface area (Å²) in [5.41, 5.74) is 7.23. The Morgan fingerprint density at radius 3 is 2.92 bits per heavy atom. The van der Waals surface area contributed by atoms with Gasteiger partial charge in [0.1, 0.15) is 0 Å². The van der Waals surface area contributed by atoms with Crippen LogP contribution in [-0.2, 0) is 12.8 Å². The molecular formula is C10H15NOS. The van der Waals surface area contributed by atoms with Gasteiger partial charge in [-0.25, -0.2) is 0 Å². The molecule has 13 heavy (non-hydrogen) atoms. The fourth-order valence-electron chi connectivity index (χ4n) is 1.79. The van der Waals surface area contributed by atoms with E-state index in [-0.39, 0.29) is 12.6 Å². The van der Waals surface area contributed by atoms with E-state index in [9.17, 15) is 0 Å². The Balaban J connectivity index is 2.25. The van der Waals surface area contributed by atoms with Crippen LogP contribution in [0.5, 0.6) is 0 Å². The molecule has 0 fully saturated rings. The van der Waals surface area contributed by atoms with Crippen molar-refractivity contribution in [2.24, 2.45) is 5.73 Å². The Morgan fingerprint density at radius 1 is 1.46 bits per heavy atom. The molecule has 0 bridgehead atoms. The van der Waals surface area contributed by atoms with Crippen molar-refractivity contribution in [3.8, 4) is 0 Å². The van der Waals surface area contributed by atoms with Crippen LogP contribution in [0, 0.1) is 0 Å². The number of rotatable bonds is 2. The van der Waals surface area contributed by atoms with Crippen LogP contribution in [0.1, 0.15) is 34.2 Å². The smallest absolute Gasteiger partial charge is 0.0632 e. The Kier molecular flexibility index (Phi) is 2.67. The van der Waals surface area contributed by atoms with E-state index in [0.29, 0.717) is 0 Å². The molecule has 1 aliphatic carbocycles. The van der Waals surface area contributed by atoms with Gasteiger partial charge in [0.25, 0.3) is 0 Å². The molecule has 2 nitrogen and oxygen atoms in total. The molecular weight excluding hydrogens is 182 g/mol. The van der Waals surface area contributed by atoms with Crippen LogP contribution in [0.2, 0.25) is 0 Å². The van der Waals surface area contributed by atoms with Gasteiger partial charge in [0, 0.05) is 9.75 Å². The molecule has 0 unspecified atom stereocenters. The standard InChI is InChI=1S/C10H15NOS/c11-8(6-12)10-5-7-3-1-2-4-9(7)13-10/h5,8,12H,1-4,6,11H2/t8-/m1/s1. The lowest BCUT2D eigenvalue weighted by Crippen LogP contribution is -2.12. The van der Waals surface area contributed by atoms with E-state index in [1.807, 2.05) is 0 Å². The normalized spacial score (nSPS) is 18.3. The molecule has 0 aromatic carbocycles. The highest BCUT2D eigenvalue weighted by molar-refractivity contribution is 7.12. The summed E-state index contributed by atoms with van der Waals surface area (Å²) in [5, 5.41) is 8.93. The van der Waals surface area contributed by atoms with Crippen LogP contribution in [0.15, 0.2) is 6.07 Å². The van der Waals surface area contributed by atoms with E-state index in [1.54, 1.807) is 11.3 Å². The van der Waals surface area contributed by atoms with Crippen molar-refractivity contribution in [3.05, 3.63) is 21.4 Å². The van der Waals surface area contributed by atoms with Gasteiger partial charge in [-0.3, -0.25) is 0 Å². The SMILES string of the molecule is N[C@H](CO)c1cc2c(s1)CCCC2. The summed E-state index contributed by atoms with van der Waals surface area (Å²) in [7, 11) is 0. The summed E-state index contributed by atoms with van der Waals surface area (Å²) in [4.78, 5) is 2.64. The molecule has 1 aromatic rings. The van der Waals surface area contributed by atoms with Gasteiger partial charge in [0.05, 0.1) is 12.6 Å². The molecule has 1 aliphatic rings. The maximum absolute atomic E-state index is 8.93. The third kappa shape index (κ3) is 1.77. The van der Waals surface area contributed by atoms with Crippen LogP contribution >= 0.6 is 11.3 Å². The molecule has 0 aliphatic heterocycles. The summed E-state index contributed by atoms with van der Waals surface area (Å²) < 4.78 is 0. The number of hydrogen-bond acceptors (Lipinski definition) is 3. The van der Waals surface area contributed by atoms with Gasteiger partial charge in [-0.05, 0) is 37.3 Å². The van der Waals surface area contributed by atoms with Crippen LogP contribution < -0.4 is 5.73 Å². The summed E-state index contributed by atoms with van der Waals surface area (Å²) in [5.74, 6) is 0. The van der Waals surface area contributed by atoms with Gasteiger partial charge in [0.15, 0.2) is 0 Å². The lowest BCUT2D eigenvalue weighted by atomic mass is 9.99. The minimum atomic E-state index is -0.171. The third-order valence-corrected chi connectivity index (χ3v) is 3.95. The number of nitrogens with two attached hydrogens (primary N) is 1. The second-order valence-corrected chi connectivity index (χ2v) is 4.76. The van der Waals surface area contributed by atoms with Gasteiger partial charge in [0.2, 0.25) is 0 Å². The van der Waals surface area contributed by atoms with Gasteiger partial charge < -0.3 is 10.8 Å². The van der Waals surface area contributed by atoms with E-state index in [1.165, 1.54) is 36.1 Å². The largest absolute Gasteiger partial charge is 0.394 e. The zero-order valence-electron chi connectivity index (χ0n) is 7.62. The van der Waals surface area contributed by atoms with Crippen LogP contribution in [-0.4, -0.2) is 11.7 Å². The predicted molar refractivity (Wildman–Crippen MR) is 55.0 cm³/mol. The van der Waals surface area contributed by atoms with Crippen LogP contribution in [0.3, 0.4) is 0 Å². The number of fused-ring (bicyclic) bond motifs is 1. The summed E-state index contributed by atoms with van der Waals surface area (Å²) >= 11 is 1.78. The first-order chi connectivity index (χ1) is 6.31. The Morgan fingerprint density at radius 2 is 2.23 bits per heavy atom. The van der Waals surface area contributed by atoms with Crippen molar-refractivity contribution >= 4 is 11.3 Å². The van der Waals surface area contributed by atoms with Gasteiger partial charge in [-0.15, -0.1) is 11.3 Å². The average Bonchev–Trinajstić information content (AvgIpc) is 2.59. The number of aliphatic hydroxyl groups is 1. The highest BCUT2D eigenvalue weighted by Crippen LogP contribution is 2.31. The van der Waals surface area contributed by atoms with E-state index in [2.05, 4.69) is 6.07 Å². The monoisotopic (exact) mass is 197 g/mol. The van der Waals surface area contributed by atoms with Crippen molar-refractivity contribution in [1.82, 2.24) is 0 Å². The fraction of sp³-hybridized carbons (Fsp3) is 0.600. The average molecular weight is 197 g/mol. The molecule has 0 saturated heterocycles. The quantitative estimate of drug-likeness (QED) is 0.756. The van der Waals surface area contributed by atoms with Crippen LogP contribution in [0.4, 0.5) is 0 Å². The number of aliphatic hydroxyl groups excluding tert-OH is 1. The molecule has 0 radical (unpaired) electrons. The molecule has 1 heterocycles. The van der Waals surface area contributed by atoms with Crippen LogP contribution in [0.25, 0.3) is 0 Å². The number of aryl methyl sites for hydroxylation is 2. The summed E-state index contributed by atoms with van der Waals surface area (Å²) in [6, 6.07) is 2.01. The third-order valence-electron chi connectivity index (χ3n) is 2.58. The fourth-order valence-corrected chi connectivity index (χ4v) is 3.04. The first kappa shape index (κ1) is 9.19. The van der Waals surface area contributed by atoms with Crippen molar-refractivity contribution in [2.75, 3.05) is 6.61 Å². The highest BCUT2D eigenvalue weighted by Gasteiger charge is 2.15. The molecule has 0 amide bonds. The van der Waals surface area contributed by atoms with E-state index < -0.39 is 0 Å². The topological polar surface area (TPSA) is 46.2 Å². The van der Waals surface area contributed by atoms with Crippen molar-refractivity contribution in [1.29, 1.82) is 0 Å². The van der Waals surface area contributed by atoms with E-state index in [4.69, 9.17) is 10.8 Å². The minimum Gasteiger partial charge on any atom is -0.394 e. The lowest BCUT2D eigenvalue weighted by Gasteiger charge is -2.08. The molecule has 3 heteroatoms. The molecule has 1 aromatic heterocycles. The first-order valence-electron chi connectivity index (χ1n) is 4.79. The summed E-state index contributed by atoms with van der Waals surface area (Å²) in [6.45, 7) is 0.0550. The van der Waals surface area contributed by atoms with E-state index >= 15 is 0 Å². The van der Waals surface area contributed by atoms with Gasteiger partial charge in [-0.1, -0.05) is 0 Å². The van der Waals surface area contributed by atoms with Crippen molar-refractivity contribution in [3.63, 3.8) is 0 Å². The minimum absolute atomic E-state index is 0.0550. The van der Waals surface area contributed by atoms with Crippen molar-refractivity contribution in [2.45, 2.75) is 31.7 Å². The molecule has 3 N–H and O–H groups in total. The Bertz CT molecular complexity index is 272. The Hall–Kier alpha value is -0.380. The molecule has 72 valence electrons. The summed E-state index contributed by atoms with van der Waals surface area (Å²) in [6.07, 6.45) is 5.01. The second-order valence-electron chi connectivity index (χ2n) is 3.59. The van der Waals surface area contributed by atoms with Gasteiger partial charge >= 0.3 is 0 Å². The maximum Gasteiger partial charge on any atom is 0.0632 e. The van der Waals surface area contributed by atoms with Gasteiger partial charge in [-0.2, -0.15) is 0 Å². The van der Waals surface area contributed by atoms with E-state index in [0.717, 1.165) is 4.88 Å². The first-order valence-corrected chi connectivity index (χ1v) is 5.61. The molecule has 0 spiro atoms. The number of thiophene rings is 1. The molecule has 0 saturated carbocycles. The van der Waals surface area contributed by atoms with Crippen molar-refractivity contribution < 1.29 is 5.11 Å². The predicted octanol–water partition coefficient (Wildman–Crippen LogP) is 1.62. The zero-order chi connectivity index (χ0) is 9.26. The molecule has 1 atom stereocenters. The maximum atomic E-state index is 8.93. The number of hydrogen-bond donors (Lipinski definition) is 2. The second kappa shape index (κ2) is 3.78. The molecule has 2 rings (SSSR count). The highest BCUT2D eigenvalue weighted by atomic mass is 32.1. The lowest BCUT2D eigenvalue weighted by molar-refractivity contribution is 0.269. The Labute approximate surface area is 82.4 Å². The zero-order valence-corrected chi connectivity index (χ0v) is 8.44.